The third-order valence-corrected chi connectivity index (χ3v) is 10.5. The Balaban J connectivity index is 1.20. The van der Waals surface area contributed by atoms with E-state index in [4.69, 9.17) is 4.74 Å². The van der Waals surface area contributed by atoms with Gasteiger partial charge in [0.05, 0.1) is 37.4 Å². The van der Waals surface area contributed by atoms with Crippen LogP contribution in [0.4, 0.5) is 15.8 Å². The molecule has 240 valence electrons. The molecule has 0 bridgehead atoms. The zero-order valence-electron chi connectivity index (χ0n) is 26.5. The number of halogens is 1. The first-order valence-corrected chi connectivity index (χ1v) is 16.2. The van der Waals surface area contributed by atoms with Crippen molar-refractivity contribution in [3.63, 3.8) is 0 Å². The molecule has 0 unspecified atom stereocenters. The van der Waals surface area contributed by atoms with Crippen LogP contribution in [-0.2, 0) is 44.2 Å². The van der Waals surface area contributed by atoms with E-state index in [1.807, 2.05) is 79.7 Å². The number of hydrogen-bond acceptors (Lipinski definition) is 5. The molecular weight excluding hydrogens is 585 g/mol. The number of aliphatic hydroxyl groups is 1. The molecule has 1 N–H and O–H groups in total. The first kappa shape index (κ1) is 30.6. The summed E-state index contributed by atoms with van der Waals surface area (Å²) in [6, 6.07) is 22.6. The van der Waals surface area contributed by atoms with Gasteiger partial charge < -0.3 is 24.5 Å². The van der Waals surface area contributed by atoms with Crippen LogP contribution in [0.5, 0.6) is 0 Å². The van der Waals surface area contributed by atoms with Gasteiger partial charge in [0.2, 0.25) is 11.8 Å². The zero-order chi connectivity index (χ0) is 32.4. The fourth-order valence-corrected chi connectivity index (χ4v) is 8.28. The Morgan fingerprint density at radius 2 is 1.78 bits per heavy atom. The zero-order valence-corrected chi connectivity index (χ0v) is 26.5. The van der Waals surface area contributed by atoms with E-state index in [1.54, 1.807) is 14.7 Å². The molecule has 4 aliphatic heterocycles. The molecule has 3 aromatic rings. The maximum Gasteiger partial charge on any atom is 0.264 e. The predicted octanol–water partition coefficient (Wildman–Crippen LogP) is 4.90. The summed E-state index contributed by atoms with van der Waals surface area (Å²) >= 11 is 0. The monoisotopic (exact) mass is 625 g/mol. The van der Waals surface area contributed by atoms with Gasteiger partial charge in [0.15, 0.2) is 5.60 Å². The number of rotatable bonds is 7. The van der Waals surface area contributed by atoms with E-state index in [9.17, 15) is 19.5 Å². The lowest BCUT2D eigenvalue weighted by atomic mass is 9.71. The lowest BCUT2D eigenvalue weighted by molar-refractivity contribution is -0.151. The van der Waals surface area contributed by atoms with Gasteiger partial charge >= 0.3 is 0 Å². The van der Waals surface area contributed by atoms with E-state index < -0.39 is 35.3 Å². The van der Waals surface area contributed by atoms with Crippen LogP contribution in [0.3, 0.4) is 0 Å². The molecule has 2 saturated heterocycles. The number of para-hydroxylation sites is 1. The van der Waals surface area contributed by atoms with Crippen LogP contribution in [0, 0.1) is 11.8 Å². The fourth-order valence-electron chi connectivity index (χ4n) is 8.28. The molecule has 0 aromatic heterocycles. The summed E-state index contributed by atoms with van der Waals surface area (Å²) in [4.78, 5) is 45.8. The first-order chi connectivity index (χ1) is 22.0. The van der Waals surface area contributed by atoms with Crippen molar-refractivity contribution in [2.24, 2.45) is 11.8 Å². The molecule has 46 heavy (non-hydrogen) atoms. The highest BCUT2D eigenvalue weighted by Gasteiger charge is 2.66. The minimum absolute atomic E-state index is 0.0754. The van der Waals surface area contributed by atoms with Gasteiger partial charge in [0, 0.05) is 42.6 Å². The number of alkyl halides is 1. The predicted molar refractivity (Wildman–Crippen MR) is 172 cm³/mol. The van der Waals surface area contributed by atoms with Crippen molar-refractivity contribution in [3.8, 4) is 0 Å². The van der Waals surface area contributed by atoms with Crippen LogP contribution < -0.4 is 9.80 Å². The quantitative estimate of drug-likeness (QED) is 0.378. The van der Waals surface area contributed by atoms with Crippen LogP contribution in [0.25, 0.3) is 0 Å². The minimum atomic E-state index is -1.75. The maximum atomic E-state index is 16.2. The average Bonchev–Trinajstić information content (AvgIpc) is 3.46. The number of anilines is 2. The van der Waals surface area contributed by atoms with Gasteiger partial charge in [-0.05, 0) is 55.2 Å². The van der Waals surface area contributed by atoms with Crippen LogP contribution in [0.1, 0.15) is 55.9 Å². The number of aliphatic hydroxyl groups excluding tert-OH is 1. The van der Waals surface area contributed by atoms with Crippen molar-refractivity contribution < 1.29 is 28.6 Å². The highest BCUT2D eigenvalue weighted by atomic mass is 19.1. The molecule has 4 heterocycles. The Hall–Kier alpha value is -4.08. The first-order valence-electron chi connectivity index (χ1n) is 16.2. The number of amides is 3. The van der Waals surface area contributed by atoms with Crippen LogP contribution in [0.15, 0.2) is 72.8 Å². The van der Waals surface area contributed by atoms with Gasteiger partial charge in [-0.25, -0.2) is 4.39 Å². The van der Waals surface area contributed by atoms with Crippen molar-refractivity contribution in [1.29, 1.82) is 0 Å². The summed E-state index contributed by atoms with van der Waals surface area (Å²) in [5.41, 5.74) is 1.94. The molecule has 0 saturated carbocycles. The smallest absolute Gasteiger partial charge is 0.264 e. The molecule has 9 heteroatoms. The molecule has 2 fully saturated rings. The van der Waals surface area contributed by atoms with Gasteiger partial charge in [0.25, 0.3) is 5.91 Å². The Morgan fingerprint density at radius 3 is 2.48 bits per heavy atom. The number of hydrogen-bond donors (Lipinski definition) is 1. The lowest BCUT2D eigenvalue weighted by Crippen LogP contribution is -2.48. The second-order valence-corrected chi connectivity index (χ2v) is 13.7. The Bertz CT molecular complexity index is 1700. The van der Waals surface area contributed by atoms with Crippen molar-refractivity contribution in [2.45, 2.75) is 76.5 Å². The average molecular weight is 626 g/mol. The Kier molecular flexibility index (Phi) is 7.52. The number of nitrogens with zero attached hydrogens (tertiary/aromatic N) is 3. The molecule has 3 amide bonds. The Labute approximate surface area is 268 Å². The van der Waals surface area contributed by atoms with Gasteiger partial charge in [-0.2, -0.15) is 0 Å². The van der Waals surface area contributed by atoms with E-state index in [1.165, 1.54) is 13.8 Å². The van der Waals surface area contributed by atoms with Crippen molar-refractivity contribution in [1.82, 2.24) is 4.90 Å². The van der Waals surface area contributed by atoms with Gasteiger partial charge in [-0.3, -0.25) is 14.4 Å². The van der Waals surface area contributed by atoms with E-state index >= 15 is 4.39 Å². The SMILES string of the molecule is C[C@H]1[C@H](C(C)(C)F)[C@@H](CC(=O)N2Cc3ccccc3C[C@H]2CO)O[C@]12C(=O)N(Cc1cccc(N3CCC3=O)c1)c1ccccc12. The summed E-state index contributed by atoms with van der Waals surface area (Å²) in [6.07, 6.45) is 0.0960. The number of benzene rings is 3. The fraction of sp³-hybridized carbons (Fsp3) is 0.432. The highest BCUT2D eigenvalue weighted by molar-refractivity contribution is 6.07. The largest absolute Gasteiger partial charge is 0.394 e. The van der Waals surface area contributed by atoms with Crippen molar-refractivity contribution in [3.05, 3.63) is 95.1 Å². The standard InChI is InChI=1S/C37H40FN3O5/c1-23-34(36(2,3)38)31(19-33(44)40-21-26-11-5-4-10-25(26)18-28(40)22-42)46-37(23)29-13-6-7-14-30(29)41(35(37)45)20-24-9-8-12-27(17-24)39-16-15-32(39)43/h4-14,17,23,28,31,34,42H,15-16,18-22H2,1-3H3/t23-,28-,31+,34-,37+/m0/s1. The van der Waals surface area contributed by atoms with Crippen molar-refractivity contribution in [2.75, 3.05) is 23.0 Å². The molecule has 3 aromatic carbocycles. The minimum Gasteiger partial charge on any atom is -0.394 e. The van der Waals surface area contributed by atoms with Crippen molar-refractivity contribution >= 4 is 29.1 Å². The van der Waals surface area contributed by atoms with Gasteiger partial charge in [-0.15, -0.1) is 0 Å². The molecular formula is C37H40FN3O5. The van der Waals surface area contributed by atoms with Gasteiger partial charge in [0.1, 0.15) is 5.67 Å². The van der Waals surface area contributed by atoms with Crippen LogP contribution in [0.2, 0.25) is 0 Å². The van der Waals surface area contributed by atoms with Gasteiger partial charge in [-0.1, -0.05) is 61.5 Å². The van der Waals surface area contributed by atoms with E-state index in [2.05, 4.69) is 0 Å². The van der Waals surface area contributed by atoms with E-state index in [-0.39, 0.29) is 37.3 Å². The Morgan fingerprint density at radius 1 is 1.04 bits per heavy atom. The van der Waals surface area contributed by atoms with E-state index in [0.717, 1.165) is 22.4 Å². The van der Waals surface area contributed by atoms with Crippen LogP contribution in [-0.4, -0.2) is 58.7 Å². The third-order valence-electron chi connectivity index (χ3n) is 10.5. The summed E-state index contributed by atoms with van der Waals surface area (Å²) in [5, 5.41) is 10.2. The molecule has 8 nitrogen and oxygen atoms in total. The topological polar surface area (TPSA) is 90.4 Å². The summed E-state index contributed by atoms with van der Waals surface area (Å²) < 4.78 is 23.0. The number of ether oxygens (including phenoxy) is 1. The second kappa shape index (κ2) is 11.3. The number of carbonyl (C=O) groups excluding carboxylic acids is 3. The van der Waals surface area contributed by atoms with E-state index in [0.29, 0.717) is 37.2 Å². The number of fused-ring (bicyclic) bond motifs is 3. The van der Waals surface area contributed by atoms with Crippen LogP contribution >= 0.6 is 0 Å². The molecule has 0 aliphatic carbocycles. The molecule has 5 atom stereocenters. The molecule has 1 spiro atoms. The summed E-state index contributed by atoms with van der Waals surface area (Å²) in [5.74, 6) is -1.77. The molecule has 7 rings (SSSR count). The number of carbonyl (C=O) groups is 3. The second-order valence-electron chi connectivity index (χ2n) is 13.7. The summed E-state index contributed by atoms with van der Waals surface area (Å²) in [6.45, 7) is 5.94. The highest BCUT2D eigenvalue weighted by Crippen LogP contribution is 2.58. The normalized spacial score (nSPS) is 27.2. The lowest BCUT2D eigenvalue weighted by Gasteiger charge is -2.37. The molecule has 4 aliphatic rings. The summed E-state index contributed by atoms with van der Waals surface area (Å²) in [7, 11) is 0. The number of β-lactam (4-membered cyclic amide) rings is 1. The maximum absolute atomic E-state index is 16.2. The third kappa shape index (κ3) is 4.83. The molecule has 0 radical (unpaired) electrons.